The third-order valence-corrected chi connectivity index (χ3v) is 3.96. The number of aliphatic hydroxyl groups is 1. The molecule has 0 aromatic carbocycles. The normalized spacial score (nSPS) is 14.2. The zero-order chi connectivity index (χ0) is 11.6. The van der Waals surface area contributed by atoms with E-state index in [2.05, 4.69) is 9.71 Å². The third kappa shape index (κ3) is 3.13. The lowest BCUT2D eigenvalue weighted by atomic mass is 10.3. The number of nitrogens with zero attached hydrogens (tertiary/aromatic N) is 2. The molecular weight excluding hydrogens is 238 g/mol. The number of nitrogens with one attached hydrogen (secondary N) is 1. The van der Waals surface area contributed by atoms with Crippen LogP contribution in [0.3, 0.4) is 0 Å². The SMILES string of the molecule is CC(O)c1csc(NS(=O)(=O)N(C)C)n1. The molecule has 0 radical (unpaired) electrons. The summed E-state index contributed by atoms with van der Waals surface area (Å²) in [6, 6.07) is 0. The zero-order valence-corrected chi connectivity index (χ0v) is 10.3. The fourth-order valence-electron chi connectivity index (χ4n) is 0.727. The van der Waals surface area contributed by atoms with E-state index in [0.717, 1.165) is 15.6 Å². The summed E-state index contributed by atoms with van der Waals surface area (Å²) in [5.41, 5.74) is 0.455. The third-order valence-electron chi connectivity index (χ3n) is 1.65. The molecule has 0 spiro atoms. The Labute approximate surface area is 92.8 Å². The molecule has 1 rings (SSSR count). The van der Waals surface area contributed by atoms with Crippen molar-refractivity contribution < 1.29 is 13.5 Å². The van der Waals surface area contributed by atoms with Crippen LogP contribution in [0.5, 0.6) is 0 Å². The Morgan fingerprint density at radius 3 is 2.60 bits per heavy atom. The average molecular weight is 251 g/mol. The van der Waals surface area contributed by atoms with E-state index in [4.69, 9.17) is 0 Å². The second-order valence-electron chi connectivity index (χ2n) is 3.14. The molecular formula is C7H13N3O3S2. The molecule has 86 valence electrons. The van der Waals surface area contributed by atoms with Crippen LogP contribution in [0.15, 0.2) is 5.38 Å². The van der Waals surface area contributed by atoms with Crippen LogP contribution in [0.2, 0.25) is 0 Å². The number of thiazole rings is 1. The van der Waals surface area contributed by atoms with E-state index in [9.17, 15) is 13.5 Å². The summed E-state index contributed by atoms with van der Waals surface area (Å²) >= 11 is 1.13. The molecule has 0 aliphatic rings. The van der Waals surface area contributed by atoms with Crippen LogP contribution in [-0.4, -0.2) is 36.9 Å². The number of rotatable bonds is 4. The van der Waals surface area contributed by atoms with E-state index >= 15 is 0 Å². The summed E-state index contributed by atoms with van der Waals surface area (Å²) in [6.07, 6.45) is -0.695. The van der Waals surface area contributed by atoms with Crippen molar-refractivity contribution in [3.63, 3.8) is 0 Å². The number of aliphatic hydroxyl groups excluding tert-OH is 1. The van der Waals surface area contributed by atoms with Gasteiger partial charge in [-0.25, -0.2) is 9.71 Å². The van der Waals surface area contributed by atoms with Crippen LogP contribution >= 0.6 is 11.3 Å². The summed E-state index contributed by atoms with van der Waals surface area (Å²) < 4.78 is 26.1. The minimum Gasteiger partial charge on any atom is -0.387 e. The highest BCUT2D eigenvalue weighted by Crippen LogP contribution is 2.21. The summed E-state index contributed by atoms with van der Waals surface area (Å²) in [7, 11) is -0.670. The van der Waals surface area contributed by atoms with Crippen molar-refractivity contribution in [2.75, 3.05) is 18.8 Å². The first-order valence-electron chi connectivity index (χ1n) is 4.16. The maximum Gasteiger partial charge on any atom is 0.302 e. The summed E-state index contributed by atoms with van der Waals surface area (Å²) in [6.45, 7) is 1.57. The Morgan fingerprint density at radius 2 is 2.20 bits per heavy atom. The van der Waals surface area contributed by atoms with Crippen molar-refractivity contribution in [2.45, 2.75) is 13.0 Å². The van der Waals surface area contributed by atoms with Crippen LogP contribution in [0, 0.1) is 0 Å². The van der Waals surface area contributed by atoms with Gasteiger partial charge in [-0.3, -0.25) is 0 Å². The van der Waals surface area contributed by atoms with E-state index in [1.807, 2.05) is 0 Å². The summed E-state index contributed by atoms with van der Waals surface area (Å²) in [5, 5.41) is 11.1. The Morgan fingerprint density at radius 1 is 1.60 bits per heavy atom. The lowest BCUT2D eigenvalue weighted by Gasteiger charge is -2.10. The molecule has 0 fully saturated rings. The molecule has 15 heavy (non-hydrogen) atoms. The maximum atomic E-state index is 11.4. The van der Waals surface area contributed by atoms with Gasteiger partial charge in [0, 0.05) is 19.5 Å². The van der Waals surface area contributed by atoms with Gasteiger partial charge in [-0.05, 0) is 6.92 Å². The molecule has 6 nitrogen and oxygen atoms in total. The topological polar surface area (TPSA) is 82.5 Å². The molecule has 1 unspecified atom stereocenters. The molecule has 2 N–H and O–H groups in total. The Kier molecular flexibility index (Phi) is 3.66. The van der Waals surface area contributed by atoms with Gasteiger partial charge in [-0.2, -0.15) is 12.7 Å². The van der Waals surface area contributed by atoms with Crippen LogP contribution in [0.1, 0.15) is 18.7 Å². The first kappa shape index (κ1) is 12.4. The van der Waals surface area contributed by atoms with E-state index in [-0.39, 0.29) is 5.13 Å². The summed E-state index contributed by atoms with van der Waals surface area (Å²) in [5.74, 6) is 0. The molecule has 0 saturated heterocycles. The Bertz CT molecular complexity index is 424. The van der Waals surface area contributed by atoms with Gasteiger partial charge in [0.1, 0.15) is 0 Å². The first-order valence-corrected chi connectivity index (χ1v) is 6.48. The lowest BCUT2D eigenvalue weighted by Crippen LogP contribution is -2.28. The van der Waals surface area contributed by atoms with Crippen LogP contribution < -0.4 is 4.72 Å². The largest absolute Gasteiger partial charge is 0.387 e. The number of anilines is 1. The molecule has 8 heteroatoms. The average Bonchev–Trinajstić information content (AvgIpc) is 2.51. The van der Waals surface area contributed by atoms with Gasteiger partial charge in [0.25, 0.3) is 0 Å². The fourth-order valence-corrected chi connectivity index (χ4v) is 2.32. The highest BCUT2D eigenvalue weighted by Gasteiger charge is 2.16. The Hall–Kier alpha value is -0.700. The predicted molar refractivity (Wildman–Crippen MR) is 59.0 cm³/mol. The van der Waals surface area contributed by atoms with Gasteiger partial charge in [-0.1, -0.05) is 0 Å². The maximum absolute atomic E-state index is 11.4. The van der Waals surface area contributed by atoms with Crippen molar-refractivity contribution in [3.8, 4) is 0 Å². The second kappa shape index (κ2) is 4.44. The van der Waals surface area contributed by atoms with E-state index < -0.39 is 16.3 Å². The van der Waals surface area contributed by atoms with Crippen molar-refractivity contribution >= 4 is 26.7 Å². The number of hydrogen-bond donors (Lipinski definition) is 2. The van der Waals surface area contributed by atoms with Crippen LogP contribution in [0.25, 0.3) is 0 Å². The quantitative estimate of drug-likeness (QED) is 0.812. The number of aromatic nitrogens is 1. The molecule has 0 amide bonds. The Balaban J connectivity index is 2.82. The van der Waals surface area contributed by atoms with Gasteiger partial charge < -0.3 is 5.11 Å². The van der Waals surface area contributed by atoms with Gasteiger partial charge in [0.05, 0.1) is 11.8 Å². The van der Waals surface area contributed by atoms with Gasteiger partial charge in [-0.15, -0.1) is 11.3 Å². The molecule has 1 heterocycles. The van der Waals surface area contributed by atoms with Crippen molar-refractivity contribution in [1.29, 1.82) is 0 Å². The first-order chi connectivity index (χ1) is 6.83. The monoisotopic (exact) mass is 251 g/mol. The molecule has 1 atom stereocenters. The smallest absolute Gasteiger partial charge is 0.302 e. The molecule has 0 bridgehead atoms. The van der Waals surface area contributed by atoms with Gasteiger partial charge in [0.2, 0.25) is 0 Å². The molecule has 0 aliphatic carbocycles. The highest BCUT2D eigenvalue weighted by molar-refractivity contribution is 7.90. The fraction of sp³-hybridized carbons (Fsp3) is 0.571. The standard InChI is InChI=1S/C7H13N3O3S2/c1-5(11)6-4-14-7(8-6)9-15(12,13)10(2)3/h4-5,11H,1-3H3,(H,8,9). The molecule has 1 aromatic heterocycles. The summed E-state index contributed by atoms with van der Waals surface area (Å²) in [4.78, 5) is 3.93. The molecule has 0 saturated carbocycles. The minimum atomic E-state index is -3.51. The number of hydrogen-bond acceptors (Lipinski definition) is 5. The van der Waals surface area contributed by atoms with Crippen molar-refractivity contribution in [2.24, 2.45) is 0 Å². The van der Waals surface area contributed by atoms with Crippen molar-refractivity contribution in [3.05, 3.63) is 11.1 Å². The highest BCUT2D eigenvalue weighted by atomic mass is 32.2. The van der Waals surface area contributed by atoms with Crippen molar-refractivity contribution in [1.82, 2.24) is 9.29 Å². The predicted octanol–water partition coefficient (Wildman–Crippen LogP) is 0.415. The second-order valence-corrected chi connectivity index (χ2v) is 5.89. The van der Waals surface area contributed by atoms with Gasteiger partial charge in [0.15, 0.2) is 5.13 Å². The minimum absolute atomic E-state index is 0.250. The van der Waals surface area contributed by atoms with E-state index in [1.165, 1.54) is 14.1 Å². The van der Waals surface area contributed by atoms with E-state index in [1.54, 1.807) is 12.3 Å². The van der Waals surface area contributed by atoms with E-state index in [0.29, 0.717) is 5.69 Å². The zero-order valence-electron chi connectivity index (χ0n) is 8.63. The van der Waals surface area contributed by atoms with Crippen LogP contribution in [-0.2, 0) is 10.2 Å². The molecule has 0 aliphatic heterocycles. The lowest BCUT2D eigenvalue weighted by molar-refractivity contribution is 0.195. The van der Waals surface area contributed by atoms with Crippen LogP contribution in [0.4, 0.5) is 5.13 Å². The van der Waals surface area contributed by atoms with Gasteiger partial charge >= 0.3 is 10.2 Å². The molecule has 1 aromatic rings.